The number of hydrogen-bond donors (Lipinski definition) is 2. The predicted octanol–water partition coefficient (Wildman–Crippen LogP) is 0.884. The van der Waals surface area contributed by atoms with E-state index >= 15 is 0 Å². The first kappa shape index (κ1) is 15.0. The molecule has 8 heteroatoms. The highest BCUT2D eigenvalue weighted by atomic mass is 32.1. The molecule has 0 radical (unpaired) electrons. The quantitative estimate of drug-likeness (QED) is 0.363. The first-order valence-corrected chi connectivity index (χ1v) is 7.69. The van der Waals surface area contributed by atoms with Gasteiger partial charge in [-0.15, -0.1) is 0 Å². The Balaban J connectivity index is 1.95. The molecule has 0 aliphatic carbocycles. The summed E-state index contributed by atoms with van der Waals surface area (Å²) in [6, 6.07) is 0.0308. The van der Waals surface area contributed by atoms with E-state index in [9.17, 15) is 0 Å². The number of oxime groups is 1. The van der Waals surface area contributed by atoms with Gasteiger partial charge in [-0.25, -0.2) is 4.98 Å². The van der Waals surface area contributed by atoms with Crippen molar-refractivity contribution in [2.24, 2.45) is 10.9 Å². The summed E-state index contributed by atoms with van der Waals surface area (Å²) in [6.07, 6.45) is 1.92. The lowest BCUT2D eigenvalue weighted by molar-refractivity contribution is 0.211. The molecule has 0 bridgehead atoms. The van der Waals surface area contributed by atoms with Crippen LogP contribution in [0.15, 0.2) is 5.16 Å². The van der Waals surface area contributed by atoms with E-state index in [-0.39, 0.29) is 6.04 Å². The molecule has 1 fully saturated rings. The Kier molecular flexibility index (Phi) is 5.13. The lowest BCUT2D eigenvalue weighted by Gasteiger charge is -2.38. The van der Waals surface area contributed by atoms with Crippen LogP contribution in [0.4, 0.5) is 5.13 Å². The highest BCUT2D eigenvalue weighted by molar-refractivity contribution is 7.09. The van der Waals surface area contributed by atoms with Crippen molar-refractivity contribution in [1.82, 2.24) is 14.3 Å². The standard InChI is InChI=1S/C12H22N6OS/c1-3-4-10(11(13)15-19)17-5-7-18(8-6-17)12-14-9(2)16-20-12/h10,19H,3-8H2,1-2H3,(H2,13,15). The SMILES string of the molecule is CCCC(C(N)=NO)N1CCN(c2nc(C)ns2)CC1. The molecule has 1 aromatic heterocycles. The van der Waals surface area contributed by atoms with Crippen molar-refractivity contribution in [3.63, 3.8) is 0 Å². The summed E-state index contributed by atoms with van der Waals surface area (Å²) in [5, 5.41) is 13.1. The lowest BCUT2D eigenvalue weighted by atomic mass is 10.1. The summed E-state index contributed by atoms with van der Waals surface area (Å²) in [5.41, 5.74) is 5.81. The van der Waals surface area contributed by atoms with E-state index in [0.29, 0.717) is 5.84 Å². The van der Waals surface area contributed by atoms with Gasteiger partial charge >= 0.3 is 0 Å². The number of anilines is 1. The van der Waals surface area contributed by atoms with E-state index < -0.39 is 0 Å². The van der Waals surface area contributed by atoms with Gasteiger partial charge in [0.25, 0.3) is 0 Å². The summed E-state index contributed by atoms with van der Waals surface area (Å²) in [5.74, 6) is 1.14. The summed E-state index contributed by atoms with van der Waals surface area (Å²) in [7, 11) is 0. The monoisotopic (exact) mass is 298 g/mol. The average molecular weight is 298 g/mol. The Labute approximate surface area is 123 Å². The van der Waals surface area contributed by atoms with Gasteiger partial charge in [-0.2, -0.15) is 4.37 Å². The van der Waals surface area contributed by atoms with E-state index in [0.717, 1.165) is 50.0 Å². The first-order chi connectivity index (χ1) is 9.65. The maximum Gasteiger partial charge on any atom is 0.205 e. The van der Waals surface area contributed by atoms with E-state index in [1.807, 2.05) is 6.92 Å². The molecule has 2 heterocycles. The fraction of sp³-hybridized carbons (Fsp3) is 0.750. The molecule has 1 atom stereocenters. The van der Waals surface area contributed by atoms with Crippen molar-refractivity contribution in [3.8, 4) is 0 Å². The third-order valence-electron chi connectivity index (χ3n) is 3.56. The van der Waals surface area contributed by atoms with Crippen LogP contribution < -0.4 is 10.6 Å². The van der Waals surface area contributed by atoms with Crippen molar-refractivity contribution in [2.45, 2.75) is 32.7 Å². The van der Waals surface area contributed by atoms with Crippen molar-refractivity contribution < 1.29 is 5.21 Å². The van der Waals surface area contributed by atoms with Gasteiger partial charge in [-0.1, -0.05) is 18.5 Å². The van der Waals surface area contributed by atoms with Crippen molar-refractivity contribution >= 4 is 22.5 Å². The zero-order chi connectivity index (χ0) is 14.5. The highest BCUT2D eigenvalue weighted by Crippen LogP contribution is 2.20. The van der Waals surface area contributed by atoms with Crippen molar-refractivity contribution in [2.75, 3.05) is 31.1 Å². The molecule has 1 unspecified atom stereocenters. The van der Waals surface area contributed by atoms with Crippen LogP contribution in [0.5, 0.6) is 0 Å². The minimum absolute atomic E-state index is 0.0308. The third kappa shape index (κ3) is 3.37. The van der Waals surface area contributed by atoms with Crippen molar-refractivity contribution in [3.05, 3.63) is 5.82 Å². The van der Waals surface area contributed by atoms with Crippen LogP contribution in [0.3, 0.4) is 0 Å². The van der Waals surface area contributed by atoms with Gasteiger partial charge in [-0.05, 0) is 13.3 Å². The van der Waals surface area contributed by atoms with Crippen LogP contribution >= 0.6 is 11.5 Å². The third-order valence-corrected chi connectivity index (χ3v) is 4.43. The van der Waals surface area contributed by atoms with Crippen LogP contribution in [-0.2, 0) is 0 Å². The number of nitrogens with zero attached hydrogens (tertiary/aromatic N) is 5. The molecule has 0 aromatic carbocycles. The minimum atomic E-state index is 0.0308. The van der Waals surface area contributed by atoms with Gasteiger partial charge in [0.15, 0.2) is 5.84 Å². The number of nitrogens with two attached hydrogens (primary N) is 1. The smallest absolute Gasteiger partial charge is 0.205 e. The molecule has 2 rings (SSSR count). The Morgan fingerprint density at radius 3 is 2.65 bits per heavy atom. The number of aromatic nitrogens is 2. The summed E-state index contributed by atoms with van der Waals surface area (Å²) < 4.78 is 4.22. The molecule has 1 aliphatic rings. The molecular formula is C12H22N6OS. The van der Waals surface area contributed by atoms with Crippen molar-refractivity contribution in [1.29, 1.82) is 0 Å². The van der Waals surface area contributed by atoms with Gasteiger partial charge in [0.1, 0.15) is 5.82 Å². The van der Waals surface area contributed by atoms with Crippen LogP contribution in [0.1, 0.15) is 25.6 Å². The summed E-state index contributed by atoms with van der Waals surface area (Å²) in [4.78, 5) is 8.95. The molecule has 112 valence electrons. The number of hydrogen-bond acceptors (Lipinski definition) is 7. The Bertz CT molecular complexity index is 455. The van der Waals surface area contributed by atoms with Crippen LogP contribution in [0.25, 0.3) is 0 Å². The minimum Gasteiger partial charge on any atom is -0.409 e. The topological polar surface area (TPSA) is 90.9 Å². The van der Waals surface area contributed by atoms with E-state index in [2.05, 4.69) is 31.2 Å². The molecule has 1 saturated heterocycles. The van der Waals surface area contributed by atoms with E-state index in [1.54, 1.807) is 0 Å². The van der Waals surface area contributed by atoms with Crippen LogP contribution in [-0.4, -0.2) is 57.5 Å². The number of aryl methyl sites for hydroxylation is 1. The average Bonchev–Trinajstić information content (AvgIpc) is 2.91. The normalized spacial score (nSPS) is 19.3. The number of amidine groups is 1. The Hall–Kier alpha value is -1.41. The Morgan fingerprint density at radius 1 is 1.45 bits per heavy atom. The summed E-state index contributed by atoms with van der Waals surface area (Å²) in [6.45, 7) is 7.59. The largest absolute Gasteiger partial charge is 0.409 e. The molecule has 0 spiro atoms. The summed E-state index contributed by atoms with van der Waals surface area (Å²) >= 11 is 1.44. The second-order valence-electron chi connectivity index (χ2n) is 4.98. The van der Waals surface area contributed by atoms with Gasteiger partial charge in [0, 0.05) is 37.7 Å². The molecule has 0 amide bonds. The second-order valence-corrected chi connectivity index (χ2v) is 5.71. The predicted molar refractivity (Wildman–Crippen MR) is 80.5 cm³/mol. The number of rotatable bonds is 5. The van der Waals surface area contributed by atoms with Crippen LogP contribution in [0.2, 0.25) is 0 Å². The Morgan fingerprint density at radius 2 is 2.15 bits per heavy atom. The molecule has 1 aliphatic heterocycles. The molecule has 1 aromatic rings. The van der Waals surface area contributed by atoms with E-state index in [4.69, 9.17) is 10.9 Å². The van der Waals surface area contributed by atoms with Gasteiger partial charge in [0.2, 0.25) is 5.13 Å². The molecular weight excluding hydrogens is 276 g/mol. The van der Waals surface area contributed by atoms with E-state index in [1.165, 1.54) is 11.5 Å². The van der Waals surface area contributed by atoms with Gasteiger partial charge in [-0.3, -0.25) is 4.90 Å². The maximum atomic E-state index is 8.90. The molecule has 0 saturated carbocycles. The first-order valence-electron chi connectivity index (χ1n) is 6.92. The second kappa shape index (κ2) is 6.85. The molecule has 20 heavy (non-hydrogen) atoms. The molecule has 7 nitrogen and oxygen atoms in total. The highest BCUT2D eigenvalue weighted by Gasteiger charge is 2.27. The lowest BCUT2D eigenvalue weighted by Crippen LogP contribution is -2.54. The van der Waals surface area contributed by atoms with Gasteiger partial charge in [0.05, 0.1) is 6.04 Å². The van der Waals surface area contributed by atoms with Gasteiger partial charge < -0.3 is 15.8 Å². The maximum absolute atomic E-state index is 8.90. The fourth-order valence-electron chi connectivity index (χ4n) is 2.50. The fourth-order valence-corrected chi connectivity index (χ4v) is 3.22. The van der Waals surface area contributed by atoms with Crippen LogP contribution in [0, 0.1) is 6.92 Å². The zero-order valence-corrected chi connectivity index (χ0v) is 12.8. The number of piperazine rings is 1. The zero-order valence-electron chi connectivity index (χ0n) is 12.0. The molecule has 3 N–H and O–H groups in total.